The van der Waals surface area contributed by atoms with Crippen LogP contribution in [0.15, 0.2) is 24.3 Å². The van der Waals surface area contributed by atoms with E-state index in [2.05, 4.69) is 23.6 Å². The quantitative estimate of drug-likeness (QED) is 0.863. The van der Waals surface area contributed by atoms with Gasteiger partial charge in [0.2, 0.25) is 5.91 Å². The molecule has 1 aliphatic heterocycles. The molecule has 2 fully saturated rings. The molecule has 4 heteroatoms. The SMILES string of the molecule is CC(C)C1CN(C(=O)Cc2ccc(CO)cc2)CCCN1CC1CC1. The number of benzene rings is 1. The Morgan fingerprint density at radius 3 is 2.44 bits per heavy atom. The fraction of sp³-hybridized carbons (Fsp3) is 0.667. The summed E-state index contributed by atoms with van der Waals surface area (Å²) in [5, 5.41) is 9.14. The van der Waals surface area contributed by atoms with Gasteiger partial charge in [-0.25, -0.2) is 0 Å². The van der Waals surface area contributed by atoms with Gasteiger partial charge >= 0.3 is 0 Å². The van der Waals surface area contributed by atoms with E-state index in [1.807, 2.05) is 24.3 Å². The molecule has 1 unspecified atom stereocenters. The van der Waals surface area contributed by atoms with E-state index in [9.17, 15) is 4.79 Å². The van der Waals surface area contributed by atoms with E-state index in [1.54, 1.807) is 0 Å². The number of aliphatic hydroxyl groups excluding tert-OH is 1. The van der Waals surface area contributed by atoms with E-state index in [0.29, 0.717) is 18.4 Å². The number of nitrogens with zero attached hydrogens (tertiary/aromatic N) is 2. The second-order valence-corrected chi connectivity index (χ2v) is 8.09. The summed E-state index contributed by atoms with van der Waals surface area (Å²) in [6, 6.07) is 8.20. The molecule has 25 heavy (non-hydrogen) atoms. The van der Waals surface area contributed by atoms with Gasteiger partial charge in [0, 0.05) is 32.2 Å². The third-order valence-corrected chi connectivity index (χ3v) is 5.62. The van der Waals surface area contributed by atoms with Gasteiger partial charge in [-0.05, 0) is 42.2 Å². The van der Waals surface area contributed by atoms with Crippen molar-refractivity contribution in [1.82, 2.24) is 9.80 Å². The van der Waals surface area contributed by atoms with Crippen LogP contribution in [0, 0.1) is 11.8 Å². The Bertz CT molecular complexity index is 566. The standard InChI is InChI=1S/C21H32N2O2/c1-16(2)20-14-23(11-3-10-22(20)13-18-6-7-18)21(25)12-17-4-8-19(15-24)9-5-17/h4-5,8-9,16,18,20,24H,3,6-7,10-15H2,1-2H3. The maximum atomic E-state index is 12.8. The lowest BCUT2D eigenvalue weighted by Crippen LogP contribution is -2.46. The maximum absolute atomic E-state index is 12.8. The second kappa shape index (κ2) is 8.33. The molecule has 1 aromatic carbocycles. The summed E-state index contributed by atoms with van der Waals surface area (Å²) in [6.07, 6.45) is 4.30. The van der Waals surface area contributed by atoms with Crippen LogP contribution in [0.3, 0.4) is 0 Å². The van der Waals surface area contributed by atoms with E-state index in [1.165, 1.54) is 19.4 Å². The van der Waals surface area contributed by atoms with Gasteiger partial charge in [0.1, 0.15) is 0 Å². The molecular formula is C21H32N2O2. The zero-order valence-electron chi connectivity index (χ0n) is 15.7. The van der Waals surface area contributed by atoms with Gasteiger partial charge in [0.25, 0.3) is 0 Å². The van der Waals surface area contributed by atoms with Crippen molar-refractivity contribution in [1.29, 1.82) is 0 Å². The monoisotopic (exact) mass is 344 g/mol. The van der Waals surface area contributed by atoms with E-state index in [4.69, 9.17) is 5.11 Å². The van der Waals surface area contributed by atoms with Crippen LogP contribution in [0.4, 0.5) is 0 Å². The Labute approximate surface area is 151 Å². The molecular weight excluding hydrogens is 312 g/mol. The van der Waals surface area contributed by atoms with Crippen molar-refractivity contribution in [2.45, 2.75) is 52.2 Å². The first-order valence-corrected chi connectivity index (χ1v) is 9.77. The third kappa shape index (κ3) is 5.05. The fourth-order valence-corrected chi connectivity index (χ4v) is 3.83. The predicted molar refractivity (Wildman–Crippen MR) is 100 cm³/mol. The van der Waals surface area contributed by atoms with Crippen LogP contribution < -0.4 is 0 Å². The van der Waals surface area contributed by atoms with Crippen molar-refractivity contribution in [3.8, 4) is 0 Å². The normalized spacial score (nSPS) is 22.2. The molecule has 1 atom stereocenters. The van der Waals surface area contributed by atoms with Gasteiger partial charge in [-0.1, -0.05) is 38.1 Å². The second-order valence-electron chi connectivity index (χ2n) is 8.09. The Morgan fingerprint density at radius 2 is 1.84 bits per heavy atom. The zero-order chi connectivity index (χ0) is 17.8. The molecule has 1 aliphatic carbocycles. The van der Waals surface area contributed by atoms with Crippen LogP contribution in [0.1, 0.15) is 44.2 Å². The third-order valence-electron chi connectivity index (χ3n) is 5.62. The molecule has 0 spiro atoms. The Kier molecular flexibility index (Phi) is 6.13. The molecule has 1 aromatic rings. The minimum absolute atomic E-state index is 0.0489. The Balaban J connectivity index is 1.62. The number of amides is 1. The molecule has 0 radical (unpaired) electrons. The van der Waals surface area contributed by atoms with Crippen LogP contribution >= 0.6 is 0 Å². The van der Waals surface area contributed by atoms with Crippen molar-refractivity contribution in [2.24, 2.45) is 11.8 Å². The molecule has 2 aliphatic rings. The van der Waals surface area contributed by atoms with Crippen molar-refractivity contribution >= 4 is 5.91 Å². The van der Waals surface area contributed by atoms with Crippen molar-refractivity contribution in [2.75, 3.05) is 26.2 Å². The maximum Gasteiger partial charge on any atom is 0.227 e. The molecule has 138 valence electrons. The highest BCUT2D eigenvalue weighted by Crippen LogP contribution is 2.31. The first-order valence-electron chi connectivity index (χ1n) is 9.77. The molecule has 0 bridgehead atoms. The van der Waals surface area contributed by atoms with Gasteiger partial charge in [-0.3, -0.25) is 9.69 Å². The highest BCUT2D eigenvalue weighted by atomic mass is 16.3. The average Bonchev–Trinajstić information content (AvgIpc) is 3.43. The minimum atomic E-state index is 0.0489. The number of rotatable bonds is 6. The topological polar surface area (TPSA) is 43.8 Å². The molecule has 1 saturated heterocycles. The predicted octanol–water partition coefficient (Wildman–Crippen LogP) is 2.69. The molecule has 1 N–H and O–H groups in total. The van der Waals surface area contributed by atoms with Crippen LogP contribution in [0.2, 0.25) is 0 Å². The van der Waals surface area contributed by atoms with E-state index < -0.39 is 0 Å². The molecule has 1 saturated carbocycles. The van der Waals surface area contributed by atoms with E-state index in [-0.39, 0.29) is 12.5 Å². The minimum Gasteiger partial charge on any atom is -0.392 e. The number of aliphatic hydroxyl groups is 1. The van der Waals surface area contributed by atoms with E-state index in [0.717, 1.165) is 43.1 Å². The summed E-state index contributed by atoms with van der Waals surface area (Å²) in [6.45, 7) is 8.68. The molecule has 4 nitrogen and oxygen atoms in total. The number of hydrogen-bond acceptors (Lipinski definition) is 3. The highest BCUT2D eigenvalue weighted by Gasteiger charge is 2.33. The fourth-order valence-electron chi connectivity index (χ4n) is 3.83. The summed E-state index contributed by atoms with van der Waals surface area (Å²) in [5.74, 6) is 1.69. The number of carbonyl (C=O) groups is 1. The van der Waals surface area contributed by atoms with Gasteiger partial charge < -0.3 is 10.0 Å². The van der Waals surface area contributed by atoms with E-state index >= 15 is 0 Å². The summed E-state index contributed by atoms with van der Waals surface area (Å²) in [5.41, 5.74) is 1.92. The average molecular weight is 344 g/mol. The lowest BCUT2D eigenvalue weighted by Gasteiger charge is -2.34. The largest absolute Gasteiger partial charge is 0.392 e. The molecule has 3 rings (SSSR count). The highest BCUT2D eigenvalue weighted by molar-refractivity contribution is 5.78. The number of carbonyl (C=O) groups excluding carboxylic acids is 1. The summed E-state index contributed by atoms with van der Waals surface area (Å²) < 4.78 is 0. The lowest BCUT2D eigenvalue weighted by atomic mass is 10.0. The molecule has 1 amide bonds. The van der Waals surface area contributed by atoms with Crippen LogP contribution in [0.25, 0.3) is 0 Å². The Morgan fingerprint density at radius 1 is 1.16 bits per heavy atom. The Hall–Kier alpha value is -1.39. The van der Waals surface area contributed by atoms with Gasteiger partial charge in [-0.2, -0.15) is 0 Å². The first kappa shape index (κ1) is 18.4. The number of hydrogen-bond donors (Lipinski definition) is 1. The van der Waals surface area contributed by atoms with Crippen molar-refractivity contribution in [3.63, 3.8) is 0 Å². The van der Waals surface area contributed by atoms with Crippen molar-refractivity contribution in [3.05, 3.63) is 35.4 Å². The zero-order valence-corrected chi connectivity index (χ0v) is 15.7. The van der Waals surface area contributed by atoms with Gasteiger partial charge in [0.15, 0.2) is 0 Å². The van der Waals surface area contributed by atoms with Crippen molar-refractivity contribution < 1.29 is 9.90 Å². The molecule has 1 heterocycles. The van der Waals surface area contributed by atoms with Gasteiger partial charge in [-0.15, -0.1) is 0 Å². The lowest BCUT2D eigenvalue weighted by molar-refractivity contribution is -0.131. The van der Waals surface area contributed by atoms with Gasteiger partial charge in [0.05, 0.1) is 13.0 Å². The smallest absolute Gasteiger partial charge is 0.227 e. The van der Waals surface area contributed by atoms with Crippen LogP contribution in [0.5, 0.6) is 0 Å². The summed E-state index contributed by atoms with van der Waals surface area (Å²) in [7, 11) is 0. The molecule has 0 aromatic heterocycles. The summed E-state index contributed by atoms with van der Waals surface area (Å²) >= 11 is 0. The first-order chi connectivity index (χ1) is 12.1. The van der Waals surface area contributed by atoms with Crippen LogP contribution in [-0.4, -0.2) is 53.0 Å². The summed E-state index contributed by atoms with van der Waals surface area (Å²) in [4.78, 5) is 17.6. The van der Waals surface area contributed by atoms with Crippen LogP contribution in [-0.2, 0) is 17.8 Å².